The van der Waals surface area contributed by atoms with Gasteiger partial charge in [0, 0.05) is 13.0 Å². The Morgan fingerprint density at radius 3 is 2.56 bits per heavy atom. The lowest BCUT2D eigenvalue weighted by atomic mass is 9.97. The molecule has 1 aliphatic heterocycles. The number of carbonyl (C=O) groups excluding carboxylic acids is 1. The molecule has 1 aliphatic rings. The van der Waals surface area contributed by atoms with Gasteiger partial charge in [0.25, 0.3) is 0 Å². The number of nitrogens with zero attached hydrogens (tertiary/aromatic N) is 1. The third kappa shape index (κ3) is 4.95. The highest BCUT2D eigenvalue weighted by atomic mass is 16.3. The first-order valence-electron chi connectivity index (χ1n) is 9.33. The molecule has 1 aromatic heterocycles. The van der Waals surface area contributed by atoms with Crippen LogP contribution >= 0.6 is 0 Å². The van der Waals surface area contributed by atoms with E-state index in [0.29, 0.717) is 13.0 Å². The molecule has 0 radical (unpaired) electrons. The zero-order valence-corrected chi connectivity index (χ0v) is 15.0. The molecular formula is C21H28N2O2. The van der Waals surface area contributed by atoms with Gasteiger partial charge in [0.2, 0.25) is 5.91 Å². The number of rotatable bonds is 7. The molecule has 1 saturated heterocycles. The van der Waals surface area contributed by atoms with E-state index in [0.717, 1.165) is 18.8 Å². The highest BCUT2D eigenvalue weighted by Crippen LogP contribution is 2.25. The predicted molar refractivity (Wildman–Crippen MR) is 99.4 cm³/mol. The van der Waals surface area contributed by atoms with Crippen LogP contribution in [0.2, 0.25) is 0 Å². The van der Waals surface area contributed by atoms with E-state index in [2.05, 4.69) is 29.3 Å². The average molecular weight is 340 g/mol. The molecule has 1 fully saturated rings. The smallest absolute Gasteiger partial charge is 0.220 e. The summed E-state index contributed by atoms with van der Waals surface area (Å²) in [6.07, 6.45) is 5.95. The van der Waals surface area contributed by atoms with E-state index >= 15 is 0 Å². The number of amides is 1. The third-order valence-electron chi connectivity index (χ3n) is 5.06. The summed E-state index contributed by atoms with van der Waals surface area (Å²) in [5.74, 6) is 1.27. The van der Waals surface area contributed by atoms with E-state index in [-0.39, 0.29) is 17.9 Å². The molecule has 2 heterocycles. The molecule has 1 N–H and O–H groups in total. The van der Waals surface area contributed by atoms with Crippen molar-refractivity contribution in [3.05, 3.63) is 60.1 Å². The fraction of sp³-hybridized carbons (Fsp3) is 0.476. The van der Waals surface area contributed by atoms with Gasteiger partial charge in [-0.1, -0.05) is 43.7 Å². The Kier molecular flexibility index (Phi) is 6.29. The van der Waals surface area contributed by atoms with Crippen LogP contribution in [-0.4, -0.2) is 30.4 Å². The molecule has 0 aliphatic carbocycles. The highest BCUT2D eigenvalue weighted by molar-refractivity contribution is 5.76. The van der Waals surface area contributed by atoms with E-state index in [1.165, 1.54) is 24.8 Å². The number of nitrogens with one attached hydrogen (secondary N) is 1. The van der Waals surface area contributed by atoms with Crippen molar-refractivity contribution >= 4 is 5.91 Å². The molecule has 0 bridgehead atoms. The molecule has 1 amide bonds. The molecule has 2 atom stereocenters. The Bertz CT molecular complexity index is 633. The molecule has 134 valence electrons. The fourth-order valence-corrected chi connectivity index (χ4v) is 3.58. The molecule has 1 aromatic carbocycles. The largest absolute Gasteiger partial charge is 0.468 e. The van der Waals surface area contributed by atoms with Gasteiger partial charge in [-0.2, -0.15) is 0 Å². The van der Waals surface area contributed by atoms with Crippen molar-refractivity contribution < 1.29 is 9.21 Å². The maximum Gasteiger partial charge on any atom is 0.220 e. The van der Waals surface area contributed by atoms with Crippen molar-refractivity contribution in [2.75, 3.05) is 19.6 Å². The Hall–Kier alpha value is -2.07. The summed E-state index contributed by atoms with van der Waals surface area (Å²) in [4.78, 5) is 14.9. The molecule has 3 rings (SSSR count). The van der Waals surface area contributed by atoms with Crippen molar-refractivity contribution in [2.45, 2.75) is 44.6 Å². The number of benzene rings is 1. The maximum absolute atomic E-state index is 12.4. The topological polar surface area (TPSA) is 45.5 Å². The first-order chi connectivity index (χ1) is 12.2. The van der Waals surface area contributed by atoms with Crippen molar-refractivity contribution in [2.24, 2.45) is 0 Å². The number of hydrogen-bond acceptors (Lipinski definition) is 3. The van der Waals surface area contributed by atoms with Crippen LogP contribution in [0.1, 0.15) is 55.9 Å². The number of likely N-dealkylation sites (tertiary alicyclic amines) is 1. The van der Waals surface area contributed by atoms with Crippen molar-refractivity contribution in [3.63, 3.8) is 0 Å². The lowest BCUT2D eigenvalue weighted by molar-refractivity contribution is -0.121. The van der Waals surface area contributed by atoms with Gasteiger partial charge < -0.3 is 9.73 Å². The zero-order valence-electron chi connectivity index (χ0n) is 15.0. The van der Waals surface area contributed by atoms with Gasteiger partial charge in [-0.3, -0.25) is 9.69 Å². The summed E-state index contributed by atoms with van der Waals surface area (Å²) >= 11 is 0. The van der Waals surface area contributed by atoms with Crippen molar-refractivity contribution in [1.82, 2.24) is 10.2 Å². The first-order valence-corrected chi connectivity index (χ1v) is 9.33. The van der Waals surface area contributed by atoms with E-state index in [9.17, 15) is 4.79 Å². The molecule has 25 heavy (non-hydrogen) atoms. The number of furan rings is 1. The molecule has 2 aromatic rings. The molecule has 0 unspecified atom stereocenters. The van der Waals surface area contributed by atoms with Gasteiger partial charge in [0.05, 0.1) is 12.3 Å². The second-order valence-electron chi connectivity index (χ2n) is 6.95. The minimum absolute atomic E-state index is 0.102. The minimum atomic E-state index is 0.102. The van der Waals surface area contributed by atoms with Gasteiger partial charge in [0.15, 0.2) is 0 Å². The Morgan fingerprint density at radius 2 is 1.88 bits per heavy atom. The maximum atomic E-state index is 12.4. The van der Waals surface area contributed by atoms with Gasteiger partial charge >= 0.3 is 0 Å². The molecular weight excluding hydrogens is 312 g/mol. The van der Waals surface area contributed by atoms with Gasteiger partial charge in [-0.25, -0.2) is 0 Å². The summed E-state index contributed by atoms with van der Waals surface area (Å²) in [6.45, 7) is 4.85. The lowest BCUT2D eigenvalue weighted by Crippen LogP contribution is -2.40. The third-order valence-corrected chi connectivity index (χ3v) is 5.06. The van der Waals surface area contributed by atoms with Gasteiger partial charge in [0.1, 0.15) is 5.76 Å². The van der Waals surface area contributed by atoms with Crippen LogP contribution in [-0.2, 0) is 4.79 Å². The SMILES string of the molecule is C[C@H](CC(=O)NC[C@H](c1ccco1)N1CCCCC1)c1ccccc1. The second kappa shape index (κ2) is 8.86. The summed E-state index contributed by atoms with van der Waals surface area (Å²) in [5, 5.41) is 3.13. The van der Waals surface area contributed by atoms with Gasteiger partial charge in [-0.05, 0) is 49.5 Å². The van der Waals surface area contributed by atoms with Crippen LogP contribution in [0.4, 0.5) is 0 Å². The minimum Gasteiger partial charge on any atom is -0.468 e. The van der Waals surface area contributed by atoms with E-state index in [4.69, 9.17) is 4.42 Å². The lowest BCUT2D eigenvalue weighted by Gasteiger charge is -2.33. The predicted octanol–water partition coefficient (Wildman–Crippen LogP) is 4.12. The number of hydrogen-bond donors (Lipinski definition) is 1. The van der Waals surface area contributed by atoms with Crippen LogP contribution < -0.4 is 5.32 Å². The monoisotopic (exact) mass is 340 g/mol. The summed E-state index contributed by atoms with van der Waals surface area (Å²) in [6, 6.07) is 14.3. The van der Waals surface area contributed by atoms with E-state index in [1.54, 1.807) is 6.26 Å². The number of piperidine rings is 1. The van der Waals surface area contributed by atoms with E-state index in [1.807, 2.05) is 30.3 Å². The van der Waals surface area contributed by atoms with Crippen LogP contribution in [0.25, 0.3) is 0 Å². The highest BCUT2D eigenvalue weighted by Gasteiger charge is 2.25. The molecule has 0 saturated carbocycles. The Balaban J connectivity index is 1.56. The summed E-state index contributed by atoms with van der Waals surface area (Å²) < 4.78 is 5.64. The molecule has 4 nitrogen and oxygen atoms in total. The Morgan fingerprint density at radius 1 is 1.12 bits per heavy atom. The average Bonchev–Trinajstić information content (AvgIpc) is 3.18. The first kappa shape index (κ1) is 17.7. The normalized spacial score (nSPS) is 17.8. The van der Waals surface area contributed by atoms with E-state index < -0.39 is 0 Å². The van der Waals surface area contributed by atoms with Crippen LogP contribution in [0.15, 0.2) is 53.1 Å². The fourth-order valence-electron chi connectivity index (χ4n) is 3.58. The summed E-state index contributed by atoms with van der Waals surface area (Å²) in [7, 11) is 0. The number of carbonyl (C=O) groups is 1. The second-order valence-corrected chi connectivity index (χ2v) is 6.95. The van der Waals surface area contributed by atoms with Crippen LogP contribution in [0, 0.1) is 0 Å². The Labute approximate surface area is 150 Å². The van der Waals surface area contributed by atoms with Gasteiger partial charge in [-0.15, -0.1) is 0 Å². The standard InChI is InChI=1S/C21H28N2O2/c1-17(18-9-4-2-5-10-18)15-21(24)22-16-19(20-11-8-14-25-20)23-12-6-3-7-13-23/h2,4-5,8-11,14,17,19H,3,6-7,12-13,15-16H2,1H3,(H,22,24)/t17-,19-/m1/s1. The van der Waals surface area contributed by atoms with Crippen LogP contribution in [0.5, 0.6) is 0 Å². The quantitative estimate of drug-likeness (QED) is 0.825. The van der Waals surface area contributed by atoms with Crippen molar-refractivity contribution in [1.29, 1.82) is 0 Å². The zero-order chi connectivity index (χ0) is 17.5. The summed E-state index contributed by atoms with van der Waals surface area (Å²) in [5.41, 5.74) is 1.20. The molecule has 4 heteroatoms. The van der Waals surface area contributed by atoms with Crippen molar-refractivity contribution in [3.8, 4) is 0 Å². The van der Waals surface area contributed by atoms with Crippen LogP contribution in [0.3, 0.4) is 0 Å². The molecule has 0 spiro atoms.